The summed E-state index contributed by atoms with van der Waals surface area (Å²) in [5, 5.41) is 33.2. The Labute approximate surface area is 213 Å². The van der Waals surface area contributed by atoms with Crippen LogP contribution in [0, 0.1) is 17.3 Å². The standard InChI is InChI=1S/C31H48O4/c1-7-25(14-9-13-23(4)12-8-11-22(2)3)27-17-19-31(29(27)34)28(15-10-20-32)26(24(5)21-33)16-18-30(31,6)35/h9,11,13-14,21,27-29,32,34-35H,4,7-8,10,12,15-20H2,1-3,5-6H3/b13-9+,25-14-,26-24-/t27-,28+,29+,30-,31-/m0/s1. The van der Waals surface area contributed by atoms with Crippen LogP contribution in [0.15, 0.2) is 58.7 Å². The first-order valence-corrected chi connectivity index (χ1v) is 13.4. The topological polar surface area (TPSA) is 77.8 Å². The molecular formula is C31H48O4. The van der Waals surface area contributed by atoms with E-state index < -0.39 is 17.1 Å². The van der Waals surface area contributed by atoms with Crippen LogP contribution in [0.1, 0.15) is 92.4 Å². The molecular weight excluding hydrogens is 436 g/mol. The Morgan fingerprint density at radius 3 is 2.54 bits per heavy atom. The van der Waals surface area contributed by atoms with Crippen LogP contribution in [0.25, 0.3) is 0 Å². The molecule has 3 N–H and O–H groups in total. The summed E-state index contributed by atoms with van der Waals surface area (Å²) < 4.78 is 0. The van der Waals surface area contributed by atoms with Gasteiger partial charge in [-0.2, -0.15) is 0 Å². The second kappa shape index (κ2) is 13.0. The van der Waals surface area contributed by atoms with E-state index >= 15 is 0 Å². The van der Waals surface area contributed by atoms with Crippen molar-refractivity contribution in [3.63, 3.8) is 0 Å². The number of aldehydes is 1. The van der Waals surface area contributed by atoms with Gasteiger partial charge in [0.25, 0.3) is 0 Å². The number of carbonyl (C=O) groups is 1. The molecule has 0 aromatic carbocycles. The SMILES string of the molecule is C=C(/C=C/C=C(/CC)[C@@H]1CC[C@]2([C@H](CCCO)/C(=C(/C)C=O)CC[C@]2(C)O)[C@@H]1O)CCC=C(C)C. The maximum atomic E-state index is 11.9. The molecule has 0 saturated heterocycles. The van der Waals surface area contributed by atoms with E-state index in [1.807, 2.05) is 19.9 Å². The molecule has 196 valence electrons. The van der Waals surface area contributed by atoms with Crippen molar-refractivity contribution in [2.24, 2.45) is 17.3 Å². The van der Waals surface area contributed by atoms with Gasteiger partial charge in [0.15, 0.2) is 0 Å². The van der Waals surface area contributed by atoms with E-state index in [0.29, 0.717) is 37.7 Å². The van der Waals surface area contributed by atoms with E-state index in [1.54, 1.807) is 0 Å². The van der Waals surface area contributed by atoms with E-state index in [-0.39, 0.29) is 18.4 Å². The first-order chi connectivity index (χ1) is 16.6. The zero-order valence-electron chi connectivity index (χ0n) is 22.6. The van der Waals surface area contributed by atoms with Crippen molar-refractivity contribution in [2.75, 3.05) is 6.61 Å². The molecule has 2 aliphatic rings. The van der Waals surface area contributed by atoms with Crippen LogP contribution in [0.4, 0.5) is 0 Å². The minimum Gasteiger partial charge on any atom is -0.396 e. The molecule has 5 atom stereocenters. The summed E-state index contributed by atoms with van der Waals surface area (Å²) in [6, 6.07) is 0. The highest BCUT2D eigenvalue weighted by atomic mass is 16.3. The highest BCUT2D eigenvalue weighted by Crippen LogP contribution is 2.63. The maximum Gasteiger partial charge on any atom is 0.145 e. The van der Waals surface area contributed by atoms with Crippen LogP contribution in [0.3, 0.4) is 0 Å². The molecule has 0 amide bonds. The second-order valence-electron chi connectivity index (χ2n) is 11.1. The molecule has 0 heterocycles. The first-order valence-electron chi connectivity index (χ1n) is 13.4. The smallest absolute Gasteiger partial charge is 0.145 e. The molecule has 35 heavy (non-hydrogen) atoms. The molecule has 2 fully saturated rings. The molecule has 0 aromatic heterocycles. The zero-order valence-corrected chi connectivity index (χ0v) is 22.6. The van der Waals surface area contributed by atoms with Crippen LogP contribution < -0.4 is 0 Å². The summed E-state index contributed by atoms with van der Waals surface area (Å²) in [5.74, 6) is -0.158. The minimum atomic E-state index is -1.04. The van der Waals surface area contributed by atoms with Gasteiger partial charge in [0, 0.05) is 17.9 Å². The predicted octanol–water partition coefficient (Wildman–Crippen LogP) is 6.39. The summed E-state index contributed by atoms with van der Waals surface area (Å²) in [7, 11) is 0. The minimum absolute atomic E-state index is 0.0393. The van der Waals surface area contributed by atoms with E-state index in [0.717, 1.165) is 43.1 Å². The largest absolute Gasteiger partial charge is 0.396 e. The average Bonchev–Trinajstić information content (AvgIpc) is 3.15. The molecule has 4 nitrogen and oxygen atoms in total. The Morgan fingerprint density at radius 1 is 1.23 bits per heavy atom. The molecule has 0 aliphatic heterocycles. The second-order valence-corrected chi connectivity index (χ2v) is 11.1. The Balaban J connectivity index is 2.35. The molecule has 0 aromatic rings. The lowest BCUT2D eigenvalue weighted by Crippen LogP contribution is -2.59. The van der Waals surface area contributed by atoms with Gasteiger partial charge >= 0.3 is 0 Å². The van der Waals surface area contributed by atoms with Crippen molar-refractivity contribution in [2.45, 2.75) is 104 Å². The van der Waals surface area contributed by atoms with Gasteiger partial charge in [0.2, 0.25) is 0 Å². The van der Waals surface area contributed by atoms with E-state index in [4.69, 9.17) is 0 Å². The van der Waals surface area contributed by atoms with Crippen LogP contribution >= 0.6 is 0 Å². The van der Waals surface area contributed by atoms with E-state index in [9.17, 15) is 20.1 Å². The summed E-state index contributed by atoms with van der Waals surface area (Å²) in [6.45, 7) is 14.3. The molecule has 2 aliphatic carbocycles. The van der Waals surface area contributed by atoms with Crippen LogP contribution in [0.5, 0.6) is 0 Å². The van der Waals surface area contributed by atoms with Gasteiger partial charge < -0.3 is 15.3 Å². The fourth-order valence-corrected chi connectivity index (χ4v) is 6.60. The fourth-order valence-electron chi connectivity index (χ4n) is 6.60. The van der Waals surface area contributed by atoms with Crippen molar-refractivity contribution in [3.8, 4) is 0 Å². The first kappa shape index (κ1) is 29.5. The summed E-state index contributed by atoms with van der Waals surface area (Å²) in [6.07, 6.45) is 15.3. The average molecular weight is 485 g/mol. The maximum absolute atomic E-state index is 11.9. The monoisotopic (exact) mass is 484 g/mol. The van der Waals surface area contributed by atoms with E-state index in [1.165, 1.54) is 11.1 Å². The lowest BCUT2D eigenvalue weighted by molar-refractivity contribution is -0.167. The van der Waals surface area contributed by atoms with Gasteiger partial charge in [-0.05, 0) is 97.0 Å². The highest BCUT2D eigenvalue weighted by molar-refractivity contribution is 5.74. The number of aliphatic hydroxyl groups is 3. The molecule has 2 rings (SSSR count). The third-order valence-corrected chi connectivity index (χ3v) is 8.58. The number of hydrogen-bond donors (Lipinski definition) is 3. The lowest BCUT2D eigenvalue weighted by Gasteiger charge is -2.55. The molecule has 2 saturated carbocycles. The Bertz CT molecular complexity index is 868. The number of carbonyl (C=O) groups excluding carboxylic acids is 1. The fraction of sp³-hybridized carbons (Fsp3) is 0.645. The van der Waals surface area contributed by atoms with Gasteiger partial charge in [-0.25, -0.2) is 0 Å². The van der Waals surface area contributed by atoms with Gasteiger partial charge in [0.05, 0.1) is 11.7 Å². The van der Waals surface area contributed by atoms with Crippen molar-refractivity contribution >= 4 is 6.29 Å². The highest BCUT2D eigenvalue weighted by Gasteiger charge is 2.63. The number of allylic oxidation sites excluding steroid dienone is 8. The van der Waals surface area contributed by atoms with Crippen molar-refractivity contribution in [1.82, 2.24) is 0 Å². The molecule has 0 bridgehead atoms. The summed E-state index contributed by atoms with van der Waals surface area (Å²) >= 11 is 0. The molecule has 0 unspecified atom stereocenters. The Morgan fingerprint density at radius 2 is 1.94 bits per heavy atom. The van der Waals surface area contributed by atoms with Crippen LogP contribution in [0.2, 0.25) is 0 Å². The molecule has 0 radical (unpaired) electrons. The predicted molar refractivity (Wildman–Crippen MR) is 145 cm³/mol. The van der Waals surface area contributed by atoms with E-state index in [2.05, 4.69) is 45.6 Å². The van der Waals surface area contributed by atoms with Gasteiger partial charge in [-0.1, -0.05) is 60.1 Å². The molecule has 1 spiro atoms. The lowest BCUT2D eigenvalue weighted by atomic mass is 9.52. The van der Waals surface area contributed by atoms with Gasteiger partial charge in [-0.3, -0.25) is 4.79 Å². The Hall–Kier alpha value is -1.75. The summed E-state index contributed by atoms with van der Waals surface area (Å²) in [4.78, 5) is 11.7. The third kappa shape index (κ3) is 6.53. The number of aliphatic hydroxyl groups excluding tert-OH is 2. The third-order valence-electron chi connectivity index (χ3n) is 8.58. The number of hydrogen-bond acceptors (Lipinski definition) is 4. The molecule has 4 heteroatoms. The summed E-state index contributed by atoms with van der Waals surface area (Å²) in [5.41, 5.74) is 3.57. The van der Waals surface area contributed by atoms with Crippen molar-refractivity contribution < 1.29 is 20.1 Å². The van der Waals surface area contributed by atoms with Gasteiger partial charge in [0.1, 0.15) is 6.29 Å². The Kier molecular flexibility index (Phi) is 10.9. The normalized spacial score (nSPS) is 32.8. The quantitative estimate of drug-likeness (QED) is 0.137. The van der Waals surface area contributed by atoms with Crippen molar-refractivity contribution in [3.05, 3.63) is 58.7 Å². The van der Waals surface area contributed by atoms with Crippen LogP contribution in [-0.4, -0.2) is 39.9 Å². The van der Waals surface area contributed by atoms with Crippen molar-refractivity contribution in [1.29, 1.82) is 0 Å². The number of rotatable bonds is 11. The van der Waals surface area contributed by atoms with Gasteiger partial charge in [-0.15, -0.1) is 0 Å². The van der Waals surface area contributed by atoms with Crippen LogP contribution in [-0.2, 0) is 4.79 Å². The zero-order chi connectivity index (χ0) is 26.2.